The molecule has 1 saturated carbocycles. The van der Waals surface area contributed by atoms with E-state index in [-0.39, 0.29) is 40.2 Å². The lowest BCUT2D eigenvalue weighted by molar-refractivity contribution is -0.122. The van der Waals surface area contributed by atoms with Crippen LogP contribution in [-0.4, -0.2) is 44.7 Å². The van der Waals surface area contributed by atoms with Gasteiger partial charge in [0.2, 0.25) is 17.8 Å². The van der Waals surface area contributed by atoms with Crippen molar-refractivity contribution in [2.75, 3.05) is 23.8 Å². The topological polar surface area (TPSA) is 144 Å². The highest BCUT2D eigenvalue weighted by Crippen LogP contribution is 2.38. The Morgan fingerprint density at radius 2 is 2.00 bits per heavy atom. The zero-order valence-electron chi connectivity index (χ0n) is 20.2. The SMILES string of the molecule is N#Cc1cc(F)c(Nc2nc3cnc(N[C@H]4CCCOCC4)nc3n2C2CCC(C(N)=O)CC2)c(Cl)c1. The first kappa shape index (κ1) is 25.2. The van der Waals surface area contributed by atoms with E-state index >= 15 is 0 Å². The Morgan fingerprint density at radius 1 is 1.19 bits per heavy atom. The van der Waals surface area contributed by atoms with Gasteiger partial charge in [-0.2, -0.15) is 10.2 Å². The number of imidazole rings is 1. The minimum absolute atomic E-state index is 0.0211. The van der Waals surface area contributed by atoms with Crippen LogP contribution in [0.15, 0.2) is 18.3 Å². The summed E-state index contributed by atoms with van der Waals surface area (Å²) in [5.41, 5.74) is 6.82. The van der Waals surface area contributed by atoms with E-state index in [1.165, 1.54) is 6.07 Å². The Bertz CT molecular complexity index is 1320. The summed E-state index contributed by atoms with van der Waals surface area (Å²) in [4.78, 5) is 25.7. The van der Waals surface area contributed by atoms with Gasteiger partial charge in [-0.1, -0.05) is 11.6 Å². The highest BCUT2D eigenvalue weighted by molar-refractivity contribution is 6.33. The second kappa shape index (κ2) is 10.9. The van der Waals surface area contributed by atoms with E-state index in [4.69, 9.17) is 32.3 Å². The third-order valence-electron chi connectivity index (χ3n) is 7.09. The third kappa shape index (κ3) is 5.45. The van der Waals surface area contributed by atoms with Crippen LogP contribution >= 0.6 is 11.6 Å². The number of nitrogens with zero attached hydrogens (tertiary/aromatic N) is 5. The molecule has 10 nitrogen and oxygen atoms in total. The van der Waals surface area contributed by atoms with E-state index in [1.54, 1.807) is 6.20 Å². The van der Waals surface area contributed by atoms with Crippen molar-refractivity contribution in [3.8, 4) is 6.07 Å². The van der Waals surface area contributed by atoms with Crippen LogP contribution in [0.3, 0.4) is 0 Å². The van der Waals surface area contributed by atoms with Gasteiger partial charge in [0, 0.05) is 31.2 Å². The van der Waals surface area contributed by atoms with Crippen LogP contribution in [0.2, 0.25) is 5.02 Å². The number of carbonyl (C=O) groups excluding carboxylic acids is 1. The maximum Gasteiger partial charge on any atom is 0.224 e. The van der Waals surface area contributed by atoms with Crippen molar-refractivity contribution in [1.82, 2.24) is 19.5 Å². The van der Waals surface area contributed by atoms with Crippen LogP contribution in [0.5, 0.6) is 0 Å². The Hall–Kier alpha value is -3.49. The van der Waals surface area contributed by atoms with Gasteiger partial charge in [-0.25, -0.2) is 14.4 Å². The number of nitrogens with one attached hydrogen (secondary N) is 2. The average molecular weight is 527 g/mol. The normalized spacial score (nSPS) is 22.2. The van der Waals surface area contributed by atoms with E-state index < -0.39 is 5.82 Å². The highest BCUT2D eigenvalue weighted by Gasteiger charge is 2.29. The van der Waals surface area contributed by atoms with Gasteiger partial charge in [-0.05, 0) is 57.1 Å². The molecule has 3 aromatic rings. The number of aromatic nitrogens is 4. The molecular weight excluding hydrogens is 499 g/mol. The Kier molecular flexibility index (Phi) is 7.39. The molecule has 4 N–H and O–H groups in total. The Morgan fingerprint density at radius 3 is 2.73 bits per heavy atom. The van der Waals surface area contributed by atoms with Crippen molar-refractivity contribution in [1.29, 1.82) is 5.26 Å². The molecule has 1 atom stereocenters. The largest absolute Gasteiger partial charge is 0.381 e. The number of hydrogen-bond donors (Lipinski definition) is 3. The number of primary amides is 1. The molecule has 37 heavy (non-hydrogen) atoms. The molecule has 2 fully saturated rings. The fourth-order valence-electron chi connectivity index (χ4n) is 5.11. The molecule has 0 unspecified atom stereocenters. The van der Waals surface area contributed by atoms with Crippen molar-refractivity contribution in [2.24, 2.45) is 11.7 Å². The fraction of sp³-hybridized carbons (Fsp3) is 0.480. The molecule has 12 heteroatoms. The molecule has 2 aromatic heterocycles. The zero-order valence-corrected chi connectivity index (χ0v) is 21.0. The number of nitrogens with two attached hydrogens (primary N) is 1. The van der Waals surface area contributed by atoms with Gasteiger partial charge < -0.3 is 21.1 Å². The minimum Gasteiger partial charge on any atom is -0.381 e. The maximum atomic E-state index is 14.9. The van der Waals surface area contributed by atoms with Crippen LogP contribution in [0, 0.1) is 23.1 Å². The first-order valence-electron chi connectivity index (χ1n) is 12.5. The number of hydrogen-bond acceptors (Lipinski definition) is 8. The first-order chi connectivity index (χ1) is 17.9. The fourth-order valence-corrected chi connectivity index (χ4v) is 5.37. The predicted molar refractivity (Wildman–Crippen MR) is 137 cm³/mol. The summed E-state index contributed by atoms with van der Waals surface area (Å²) >= 11 is 6.31. The maximum absolute atomic E-state index is 14.9. The minimum atomic E-state index is -0.663. The third-order valence-corrected chi connectivity index (χ3v) is 7.39. The molecule has 0 bridgehead atoms. The van der Waals surface area contributed by atoms with Gasteiger partial charge in [0.25, 0.3) is 0 Å². The van der Waals surface area contributed by atoms with E-state index in [2.05, 4.69) is 20.6 Å². The van der Waals surface area contributed by atoms with E-state index in [0.29, 0.717) is 55.4 Å². The van der Waals surface area contributed by atoms with Gasteiger partial charge in [-0.15, -0.1) is 0 Å². The summed E-state index contributed by atoms with van der Waals surface area (Å²) in [6, 6.07) is 4.58. The lowest BCUT2D eigenvalue weighted by Crippen LogP contribution is -2.29. The summed E-state index contributed by atoms with van der Waals surface area (Å²) in [5, 5.41) is 15.6. The van der Waals surface area contributed by atoms with Crippen LogP contribution in [0.25, 0.3) is 11.2 Å². The quantitative estimate of drug-likeness (QED) is 0.428. The Balaban J connectivity index is 1.52. The molecule has 194 valence electrons. The zero-order chi connectivity index (χ0) is 25.9. The monoisotopic (exact) mass is 526 g/mol. The number of rotatable bonds is 6. The summed E-state index contributed by atoms with van der Waals surface area (Å²) in [6.45, 7) is 1.44. The summed E-state index contributed by atoms with van der Waals surface area (Å²) in [7, 11) is 0. The van der Waals surface area contributed by atoms with Crippen molar-refractivity contribution in [3.05, 3.63) is 34.7 Å². The summed E-state index contributed by atoms with van der Waals surface area (Å²) < 4.78 is 22.4. The standard InChI is InChI=1S/C25H28ClFN8O2/c26-18-10-14(12-28)11-19(27)21(18)33-25-32-20-13-30-24(31-16-2-1-8-37-9-7-16)34-23(20)35(25)17-5-3-15(4-6-17)22(29)36/h10-11,13,15-17H,1-9H2,(H2,29,36)(H,32,33)(H,30,31,34)/t15?,16-,17?/m0/s1. The average Bonchev–Trinajstić information content (AvgIpc) is 3.04. The number of nitriles is 1. The first-order valence-corrected chi connectivity index (χ1v) is 12.9. The summed E-state index contributed by atoms with van der Waals surface area (Å²) in [6.07, 6.45) is 7.08. The number of amides is 1. The van der Waals surface area contributed by atoms with Crippen molar-refractivity contribution < 1.29 is 13.9 Å². The molecule has 1 aliphatic carbocycles. The van der Waals surface area contributed by atoms with Crippen LogP contribution < -0.4 is 16.4 Å². The van der Waals surface area contributed by atoms with Crippen molar-refractivity contribution >= 4 is 46.3 Å². The van der Waals surface area contributed by atoms with E-state index in [9.17, 15) is 9.18 Å². The molecule has 0 spiro atoms. The van der Waals surface area contributed by atoms with Gasteiger partial charge in [0.15, 0.2) is 5.65 Å². The molecule has 2 aliphatic rings. The van der Waals surface area contributed by atoms with Crippen molar-refractivity contribution in [3.63, 3.8) is 0 Å². The number of halogens is 2. The molecule has 1 aliphatic heterocycles. The van der Waals surface area contributed by atoms with Crippen LogP contribution in [-0.2, 0) is 9.53 Å². The van der Waals surface area contributed by atoms with Gasteiger partial charge in [0.05, 0.1) is 28.5 Å². The number of ether oxygens (including phenoxy) is 1. The highest BCUT2D eigenvalue weighted by atomic mass is 35.5. The van der Waals surface area contributed by atoms with Crippen LogP contribution in [0.1, 0.15) is 56.6 Å². The molecule has 3 heterocycles. The van der Waals surface area contributed by atoms with E-state index in [1.807, 2.05) is 10.6 Å². The van der Waals surface area contributed by atoms with Crippen LogP contribution in [0.4, 0.5) is 22.0 Å². The molecule has 0 radical (unpaired) electrons. The molecule has 1 saturated heterocycles. The molecule has 5 rings (SSSR count). The van der Waals surface area contributed by atoms with Gasteiger partial charge >= 0.3 is 0 Å². The van der Waals surface area contributed by atoms with Gasteiger partial charge in [-0.3, -0.25) is 9.36 Å². The number of fused-ring (bicyclic) bond motifs is 1. The predicted octanol–water partition coefficient (Wildman–Crippen LogP) is 4.43. The number of anilines is 3. The molecule has 1 amide bonds. The lowest BCUT2D eigenvalue weighted by atomic mass is 9.85. The smallest absolute Gasteiger partial charge is 0.224 e. The van der Waals surface area contributed by atoms with E-state index in [0.717, 1.165) is 31.9 Å². The Labute approximate surface area is 218 Å². The lowest BCUT2D eigenvalue weighted by Gasteiger charge is -2.29. The second-order valence-electron chi connectivity index (χ2n) is 9.55. The number of benzene rings is 1. The number of carbonyl (C=O) groups is 1. The second-order valence-corrected chi connectivity index (χ2v) is 9.96. The summed E-state index contributed by atoms with van der Waals surface area (Å²) in [5.74, 6) is -0.279. The molecular formula is C25H28ClFN8O2. The van der Waals surface area contributed by atoms with Gasteiger partial charge in [0.1, 0.15) is 11.3 Å². The molecule has 1 aromatic carbocycles. The van der Waals surface area contributed by atoms with Crippen molar-refractivity contribution in [2.45, 2.75) is 57.0 Å².